The molecule has 3 nitrogen and oxygen atoms in total. The van der Waals surface area contributed by atoms with Gasteiger partial charge in [0.15, 0.2) is 0 Å². The minimum absolute atomic E-state index is 0. The predicted octanol–water partition coefficient (Wildman–Crippen LogP) is 13.5. The second kappa shape index (κ2) is 16.2. The van der Waals surface area contributed by atoms with Crippen LogP contribution in [-0.4, -0.2) is 18.0 Å². The van der Waals surface area contributed by atoms with Crippen LogP contribution >= 0.6 is 11.3 Å². The summed E-state index contributed by atoms with van der Waals surface area (Å²) in [6.07, 6.45) is 4.90. The Balaban J connectivity index is 0.000000163. The summed E-state index contributed by atoms with van der Waals surface area (Å²) in [5.41, 5.74) is 11.9. The normalized spacial score (nSPS) is 11.4. The Morgan fingerprint density at radius 2 is 1.35 bits per heavy atom. The van der Waals surface area contributed by atoms with Crippen LogP contribution in [0.1, 0.15) is 16.7 Å². The fourth-order valence-electron chi connectivity index (χ4n) is 7.41. The van der Waals surface area contributed by atoms with Crippen molar-refractivity contribution in [3.63, 3.8) is 0 Å². The molecule has 0 bridgehead atoms. The van der Waals surface area contributed by atoms with Crippen molar-refractivity contribution >= 4 is 66.7 Å². The molecule has 0 aliphatic rings. The van der Waals surface area contributed by atoms with Gasteiger partial charge in [-0.1, -0.05) is 153 Å². The molecule has 6 aromatic carbocycles. The van der Waals surface area contributed by atoms with Crippen molar-refractivity contribution in [1.82, 2.24) is 9.97 Å². The van der Waals surface area contributed by atoms with Crippen LogP contribution in [0, 0.1) is 19.1 Å². The van der Waals surface area contributed by atoms with Crippen molar-refractivity contribution < 1.29 is 24.5 Å². The maximum Gasteiger partial charge on any atom is 0.120 e. The Labute approximate surface area is 352 Å². The summed E-state index contributed by atoms with van der Waals surface area (Å²) in [5, 5.41) is 6.28. The van der Waals surface area contributed by atoms with E-state index in [2.05, 4.69) is 160 Å². The summed E-state index contributed by atoms with van der Waals surface area (Å²) in [6.45, 7) is 9.23. The molecule has 1 radical (unpaired) electrons. The summed E-state index contributed by atoms with van der Waals surface area (Å²) >= 11 is 1.84. The largest absolute Gasteiger partial charge is 0.500 e. The van der Waals surface area contributed by atoms with E-state index in [0.717, 1.165) is 56.4 Å². The van der Waals surface area contributed by atoms with E-state index < -0.39 is 8.07 Å². The Hall–Kier alpha value is -5.49. The average Bonchev–Trinajstić information content (AvgIpc) is 3.81. The maximum atomic E-state index is 5.97. The van der Waals surface area contributed by atoms with Gasteiger partial charge in [-0.2, -0.15) is 11.3 Å². The molecule has 57 heavy (non-hydrogen) atoms. The third kappa shape index (κ3) is 7.79. The van der Waals surface area contributed by atoms with Gasteiger partial charge in [-0.25, -0.2) is 0 Å². The van der Waals surface area contributed by atoms with Gasteiger partial charge in [0, 0.05) is 48.1 Å². The number of fused-ring (bicyclic) bond motifs is 6. The topological polar surface area (TPSA) is 38.9 Å². The first-order chi connectivity index (χ1) is 27.3. The molecule has 0 fully saturated rings. The van der Waals surface area contributed by atoms with E-state index in [9.17, 15) is 0 Å². The van der Waals surface area contributed by atoms with E-state index >= 15 is 0 Å². The first-order valence-corrected chi connectivity index (χ1v) is 23.3. The van der Waals surface area contributed by atoms with Crippen LogP contribution in [0.5, 0.6) is 0 Å². The number of aromatic nitrogens is 2. The Morgan fingerprint density at radius 1 is 0.649 bits per heavy atom. The third-order valence-electron chi connectivity index (χ3n) is 10.4. The fraction of sp³-hybridized carbons (Fsp3) is 0.0980. The summed E-state index contributed by atoms with van der Waals surface area (Å²) in [7, 11) is -1.32. The zero-order chi connectivity index (χ0) is 38.2. The van der Waals surface area contributed by atoms with E-state index in [1.807, 2.05) is 47.9 Å². The smallest absolute Gasteiger partial charge is 0.120 e. The van der Waals surface area contributed by atoms with Gasteiger partial charge in [0.1, 0.15) is 5.58 Å². The van der Waals surface area contributed by atoms with Crippen LogP contribution in [-0.2, 0) is 26.5 Å². The molecule has 281 valence electrons. The van der Waals surface area contributed by atoms with Gasteiger partial charge in [0.2, 0.25) is 0 Å². The van der Waals surface area contributed by atoms with Gasteiger partial charge in [-0.05, 0) is 61.9 Å². The predicted molar refractivity (Wildman–Crippen MR) is 240 cm³/mol. The number of benzene rings is 6. The molecule has 6 heteroatoms. The number of aryl methyl sites for hydroxylation is 1. The third-order valence-corrected chi connectivity index (χ3v) is 13.6. The molecule has 4 aromatic heterocycles. The molecule has 10 aromatic rings. The Bertz CT molecular complexity index is 2990. The number of furan rings is 1. The van der Waals surface area contributed by atoms with E-state index in [-0.39, 0.29) is 20.1 Å². The van der Waals surface area contributed by atoms with Crippen molar-refractivity contribution in [3.05, 3.63) is 187 Å². The minimum atomic E-state index is -1.32. The second-order valence-electron chi connectivity index (χ2n) is 15.3. The SMILES string of the molecule is Cc1c[c-]c(-c2ccc([Si](C)(C)C)cn2)c2sc3ccccc3c12.[Ir].[c-]1cc2oc3ccccc3c2cc1-c1cc(Cc2ccccc2)c(-c2ccccc2)cn1. The standard InChI is InChI=1S/C30H20NO.C21H20NSSi.Ir/c1-3-9-21(10-4-1)17-24-19-28(31-20-27(24)22-11-5-2-6-12-22)23-15-16-30-26(18-23)25-13-7-8-14-29(25)32-30;1-14-9-11-16(18-12-10-15(13-22-18)24(2,3)4)21-20(14)17-7-5-6-8-19(17)23-21;/h1-14,16,18-20H,17H2;5-10,12-13H,1-4H3;/q2*-1;. The molecule has 0 spiro atoms. The zero-order valence-corrected chi connectivity index (χ0v) is 36.5. The zero-order valence-electron chi connectivity index (χ0n) is 32.3. The summed E-state index contributed by atoms with van der Waals surface area (Å²) in [6, 6.07) is 57.4. The van der Waals surface area contributed by atoms with Gasteiger partial charge in [0.25, 0.3) is 0 Å². The van der Waals surface area contributed by atoms with E-state index in [1.54, 1.807) is 0 Å². The molecular formula is C51H40IrN2OSSi-2. The molecule has 0 N–H and O–H groups in total. The molecule has 4 heterocycles. The minimum Gasteiger partial charge on any atom is -0.500 e. The van der Waals surface area contributed by atoms with Crippen LogP contribution in [0.15, 0.2) is 162 Å². The van der Waals surface area contributed by atoms with Gasteiger partial charge >= 0.3 is 0 Å². The molecule has 0 unspecified atom stereocenters. The molecule has 10 rings (SSSR count). The second-order valence-corrected chi connectivity index (χ2v) is 21.4. The number of pyridine rings is 2. The first kappa shape index (κ1) is 38.4. The Morgan fingerprint density at radius 3 is 2.11 bits per heavy atom. The van der Waals surface area contributed by atoms with E-state index in [1.165, 1.54) is 47.6 Å². The van der Waals surface area contributed by atoms with E-state index in [4.69, 9.17) is 14.4 Å². The van der Waals surface area contributed by atoms with Crippen LogP contribution in [0.3, 0.4) is 0 Å². The maximum absolute atomic E-state index is 5.97. The van der Waals surface area contributed by atoms with Gasteiger partial charge in [-0.3, -0.25) is 0 Å². The Kier molecular flexibility index (Phi) is 10.9. The first-order valence-electron chi connectivity index (χ1n) is 19.0. The van der Waals surface area contributed by atoms with E-state index in [0.29, 0.717) is 0 Å². The van der Waals surface area contributed by atoms with Crippen molar-refractivity contribution in [3.8, 4) is 33.6 Å². The number of thiophene rings is 1. The van der Waals surface area contributed by atoms with Crippen molar-refractivity contribution in [2.24, 2.45) is 0 Å². The molecule has 0 aliphatic carbocycles. The quantitative estimate of drug-likeness (QED) is 0.123. The number of hydrogen-bond acceptors (Lipinski definition) is 4. The van der Waals surface area contributed by atoms with Crippen LogP contribution < -0.4 is 5.19 Å². The van der Waals surface area contributed by atoms with Crippen LogP contribution in [0.4, 0.5) is 0 Å². The number of nitrogens with zero attached hydrogens (tertiary/aromatic N) is 2. The molecular weight excluding hydrogens is 909 g/mol. The average molecular weight is 949 g/mol. The van der Waals surface area contributed by atoms with Gasteiger partial charge in [-0.15, -0.1) is 47.0 Å². The molecule has 0 aliphatic heterocycles. The van der Waals surface area contributed by atoms with Crippen LogP contribution in [0.2, 0.25) is 19.6 Å². The summed E-state index contributed by atoms with van der Waals surface area (Å²) in [4.78, 5) is 9.61. The van der Waals surface area contributed by atoms with Crippen molar-refractivity contribution in [2.75, 3.05) is 0 Å². The molecule has 0 saturated carbocycles. The van der Waals surface area contributed by atoms with Gasteiger partial charge in [0.05, 0.1) is 13.7 Å². The van der Waals surface area contributed by atoms with Crippen molar-refractivity contribution in [2.45, 2.75) is 33.0 Å². The van der Waals surface area contributed by atoms with Gasteiger partial charge < -0.3 is 14.4 Å². The molecule has 0 atom stereocenters. The molecule has 0 saturated heterocycles. The molecule has 0 amide bonds. The summed E-state index contributed by atoms with van der Waals surface area (Å²) < 4.78 is 8.60. The number of para-hydroxylation sites is 1. The fourth-order valence-corrected chi connectivity index (χ4v) is 9.73. The van der Waals surface area contributed by atoms with Crippen LogP contribution in [0.25, 0.3) is 75.8 Å². The summed E-state index contributed by atoms with van der Waals surface area (Å²) in [5.74, 6) is 0. The number of rotatable bonds is 6. The number of hydrogen-bond donors (Lipinski definition) is 0. The monoisotopic (exact) mass is 949 g/mol. The van der Waals surface area contributed by atoms with Crippen molar-refractivity contribution in [1.29, 1.82) is 0 Å².